The standard InChI is InChI=1S/C64H76Br4O2/c1-13-15-17-19-21-23-29-69-61-42-62(70-30-24-22-20-18-16-14-2)50(28-26-48-37-59(67)56(60(68)38-48)41-54-45(5)33-52(34-46(54)6)64(10,11)12)39-49(61)27-25-47-35-57(65)55(58(66)36-47)40-53-43(3)31-51(32-44(53)4)63(7,8)9/h27-28,31-39,42H,13-24,29-30H2,1-12H3/q+2. The van der Waals surface area contributed by atoms with Crippen LogP contribution in [0.1, 0.15) is 171 Å². The second-order valence-electron chi connectivity index (χ2n) is 21.1. The number of hydrogen-bond donors (Lipinski definition) is 0. The highest BCUT2D eigenvalue weighted by Crippen LogP contribution is 2.39. The normalized spacial score (nSPS) is 13.9. The first-order valence-electron chi connectivity index (χ1n) is 25.6. The molecule has 3 aromatic rings. The lowest BCUT2D eigenvalue weighted by Crippen LogP contribution is -2.15. The Labute approximate surface area is 456 Å². The van der Waals surface area contributed by atoms with Crippen molar-refractivity contribution in [3.05, 3.63) is 156 Å². The first-order chi connectivity index (χ1) is 33.2. The molecular weight excluding hydrogens is 1120 g/mol. The van der Waals surface area contributed by atoms with Gasteiger partial charge < -0.3 is 9.47 Å². The number of unbranched alkanes of at least 4 members (excludes halogenated alkanes) is 10. The molecule has 0 amide bonds. The predicted octanol–water partition coefficient (Wildman–Crippen LogP) is 18.1. The van der Waals surface area contributed by atoms with Crippen LogP contribution in [0.25, 0.3) is 35.1 Å². The molecule has 0 fully saturated rings. The van der Waals surface area contributed by atoms with Gasteiger partial charge in [0.1, 0.15) is 11.5 Å². The summed E-state index contributed by atoms with van der Waals surface area (Å²) < 4.78 is 17.1. The van der Waals surface area contributed by atoms with Crippen molar-refractivity contribution in [3.8, 4) is 11.5 Å². The first kappa shape index (κ1) is 57.4. The van der Waals surface area contributed by atoms with Crippen molar-refractivity contribution in [2.24, 2.45) is 10.8 Å². The molecule has 0 bridgehead atoms. The molecule has 0 N–H and O–H groups in total. The molecule has 6 heteroatoms. The van der Waals surface area contributed by atoms with Crippen molar-refractivity contribution < 1.29 is 9.47 Å². The smallest absolute Gasteiger partial charge is 0.153 e. The largest absolute Gasteiger partial charge is 0.493 e. The summed E-state index contributed by atoms with van der Waals surface area (Å²) >= 11 is 15.6. The van der Waals surface area contributed by atoms with Gasteiger partial charge in [-0.05, 0) is 188 Å². The summed E-state index contributed by atoms with van der Waals surface area (Å²) in [5, 5.41) is 3.79. The van der Waals surface area contributed by atoms with Crippen LogP contribution < -0.4 is 30.3 Å². The quantitative estimate of drug-likeness (QED) is 0.0933. The van der Waals surface area contributed by atoms with E-state index in [0.717, 1.165) is 98.2 Å². The van der Waals surface area contributed by atoms with Gasteiger partial charge in [0.25, 0.3) is 0 Å². The van der Waals surface area contributed by atoms with Gasteiger partial charge in [-0.2, -0.15) is 0 Å². The molecule has 2 nitrogen and oxygen atoms in total. The molecule has 0 atom stereocenters. The molecule has 0 radical (unpaired) electrons. The molecule has 0 saturated heterocycles. The Morgan fingerprint density at radius 2 is 0.843 bits per heavy atom. The third-order valence-electron chi connectivity index (χ3n) is 12.8. The van der Waals surface area contributed by atoms with E-state index in [9.17, 15) is 0 Å². The van der Waals surface area contributed by atoms with Gasteiger partial charge in [-0.3, -0.25) is 0 Å². The fraction of sp³-hybridized carbons (Fsp3) is 0.438. The van der Waals surface area contributed by atoms with Crippen molar-refractivity contribution >= 4 is 98.8 Å². The minimum absolute atomic E-state index is 0.0761. The first-order valence-corrected chi connectivity index (χ1v) is 28.8. The maximum absolute atomic E-state index is 6.65. The van der Waals surface area contributed by atoms with Crippen LogP contribution in [0.15, 0.2) is 112 Å². The highest BCUT2D eigenvalue weighted by molar-refractivity contribution is 9.11. The molecular formula is C64H76Br4O2+2. The Kier molecular flexibility index (Phi) is 22.1. The molecule has 3 aromatic carbocycles. The second kappa shape index (κ2) is 27.0. The highest BCUT2D eigenvalue weighted by Gasteiger charge is 2.30. The third kappa shape index (κ3) is 16.8. The molecule has 0 spiro atoms. The van der Waals surface area contributed by atoms with Crippen LogP contribution in [0.2, 0.25) is 0 Å². The van der Waals surface area contributed by atoms with Gasteiger partial charge >= 0.3 is 0 Å². The van der Waals surface area contributed by atoms with Gasteiger partial charge in [-0.25, -0.2) is 0 Å². The van der Waals surface area contributed by atoms with E-state index in [1.807, 2.05) is 12.2 Å². The van der Waals surface area contributed by atoms with Gasteiger partial charge in [0.2, 0.25) is 0 Å². The molecule has 2 aliphatic carbocycles. The Balaban J connectivity index is 1.64. The van der Waals surface area contributed by atoms with Crippen LogP contribution in [0.5, 0.6) is 11.5 Å². The number of hydrogen-bond acceptors (Lipinski definition) is 2. The van der Waals surface area contributed by atoms with Crippen LogP contribution in [0, 0.1) is 22.7 Å². The average molecular weight is 1200 g/mol. The van der Waals surface area contributed by atoms with Crippen molar-refractivity contribution in [3.63, 3.8) is 0 Å². The van der Waals surface area contributed by atoms with Crippen LogP contribution in [-0.2, 0) is 0 Å². The summed E-state index contributed by atoms with van der Waals surface area (Å²) in [6.45, 7) is 28.1. The summed E-state index contributed by atoms with van der Waals surface area (Å²) in [6.07, 6.45) is 27.6. The minimum atomic E-state index is 0.0761. The van der Waals surface area contributed by atoms with Gasteiger partial charge in [-0.1, -0.05) is 78.1 Å². The summed E-state index contributed by atoms with van der Waals surface area (Å²) in [4.78, 5) is 0. The van der Waals surface area contributed by atoms with E-state index < -0.39 is 0 Å². The van der Waals surface area contributed by atoms with E-state index in [0.29, 0.717) is 13.2 Å². The Hall–Kier alpha value is -3.52. The fourth-order valence-corrected chi connectivity index (χ4v) is 11.3. The Bertz CT molecular complexity index is 2650. The van der Waals surface area contributed by atoms with E-state index in [-0.39, 0.29) is 10.8 Å². The lowest BCUT2D eigenvalue weighted by Gasteiger charge is -2.21. The van der Waals surface area contributed by atoms with E-state index >= 15 is 0 Å². The molecule has 2 aliphatic rings. The van der Waals surface area contributed by atoms with Crippen molar-refractivity contribution in [2.45, 2.75) is 160 Å². The highest BCUT2D eigenvalue weighted by atomic mass is 79.9. The number of halogens is 4. The Morgan fingerprint density at radius 3 is 1.17 bits per heavy atom. The molecule has 0 aromatic heterocycles. The summed E-state index contributed by atoms with van der Waals surface area (Å²) in [5.74, 6) is 4.01. The second-order valence-corrected chi connectivity index (χ2v) is 24.5. The molecule has 370 valence electrons. The van der Waals surface area contributed by atoms with E-state index in [1.54, 1.807) is 0 Å². The van der Waals surface area contributed by atoms with Gasteiger partial charge in [0.05, 0.1) is 46.6 Å². The summed E-state index contributed by atoms with van der Waals surface area (Å²) in [6, 6.07) is 12.7. The van der Waals surface area contributed by atoms with Gasteiger partial charge in [-0.15, -0.1) is 11.5 Å². The lowest BCUT2D eigenvalue weighted by molar-refractivity contribution is 0.289. The molecule has 0 aliphatic heterocycles. The van der Waals surface area contributed by atoms with E-state index in [2.05, 4.69) is 230 Å². The SMILES string of the molecule is CCCCCCCCOc1cc(OCCCCCCCC)c(C=C=c2cc(Br)c(=C=C3C(C)=CC(C(C)(C)C)=C[C+]3C)c(Br)c2)cc1C=C=c1cc(Br)c(=C=C2C(C)=CC(C(C)(C)C)=C[C+]2C)c(Br)c1. The zero-order valence-corrected chi connectivity index (χ0v) is 50.5. The summed E-state index contributed by atoms with van der Waals surface area (Å²) in [7, 11) is 0. The molecule has 70 heavy (non-hydrogen) atoms. The van der Waals surface area contributed by atoms with Crippen molar-refractivity contribution in [2.75, 3.05) is 13.2 Å². The topological polar surface area (TPSA) is 18.5 Å². The zero-order chi connectivity index (χ0) is 51.2. The van der Waals surface area contributed by atoms with Crippen LogP contribution in [-0.4, -0.2) is 13.2 Å². The van der Waals surface area contributed by atoms with E-state index in [4.69, 9.17) is 9.47 Å². The number of allylic oxidation sites excluding steroid dienone is 10. The maximum Gasteiger partial charge on any atom is 0.153 e. The van der Waals surface area contributed by atoms with Crippen molar-refractivity contribution in [1.29, 1.82) is 0 Å². The Morgan fingerprint density at radius 1 is 0.500 bits per heavy atom. The van der Waals surface area contributed by atoms with Gasteiger partial charge in [0, 0.05) is 103 Å². The molecule has 0 saturated carbocycles. The number of benzene rings is 3. The number of rotatable bonds is 18. The fourth-order valence-electron chi connectivity index (χ4n) is 8.51. The average Bonchev–Trinajstić information content (AvgIpc) is 3.28. The molecule has 5 rings (SSSR count). The van der Waals surface area contributed by atoms with Gasteiger partial charge in [0.15, 0.2) is 11.1 Å². The molecule has 0 unspecified atom stereocenters. The lowest BCUT2D eigenvalue weighted by atomic mass is 9.77. The minimum Gasteiger partial charge on any atom is -0.493 e. The van der Waals surface area contributed by atoms with E-state index in [1.165, 1.54) is 85.5 Å². The zero-order valence-electron chi connectivity index (χ0n) is 44.2. The van der Waals surface area contributed by atoms with Crippen LogP contribution in [0.3, 0.4) is 0 Å². The number of ether oxygens (including phenoxy) is 2. The monoisotopic (exact) mass is 1190 g/mol. The van der Waals surface area contributed by atoms with Crippen molar-refractivity contribution in [1.82, 2.24) is 0 Å². The molecule has 0 heterocycles. The van der Waals surface area contributed by atoms with Crippen LogP contribution >= 0.6 is 63.7 Å². The predicted molar refractivity (Wildman–Crippen MR) is 316 cm³/mol. The van der Waals surface area contributed by atoms with Crippen LogP contribution in [0.4, 0.5) is 0 Å². The summed E-state index contributed by atoms with van der Waals surface area (Å²) in [5.41, 5.74) is 24.0. The third-order valence-corrected chi connectivity index (χ3v) is 15.3. The maximum atomic E-state index is 6.65.